The molecule has 0 spiro atoms. The number of hydrogen-bond acceptors (Lipinski definition) is 3. The first kappa shape index (κ1) is 16.5. The Balaban J connectivity index is 1.84. The summed E-state index contributed by atoms with van der Waals surface area (Å²) in [5.74, 6) is 0.786. The highest BCUT2D eigenvalue weighted by Gasteiger charge is 2.13. The highest BCUT2D eigenvalue weighted by molar-refractivity contribution is 5.27. The lowest BCUT2D eigenvalue weighted by Gasteiger charge is -2.23. The van der Waals surface area contributed by atoms with E-state index < -0.39 is 0 Å². The average Bonchev–Trinajstić information content (AvgIpc) is 2.55. The molecule has 0 aromatic heterocycles. The fraction of sp³-hybridized carbons (Fsp3) is 0.667. The molecule has 0 aliphatic carbocycles. The summed E-state index contributed by atoms with van der Waals surface area (Å²) in [6.07, 6.45) is 2.40. The van der Waals surface area contributed by atoms with Crippen LogP contribution in [0.2, 0.25) is 0 Å². The molecule has 0 saturated carbocycles. The van der Waals surface area contributed by atoms with Crippen molar-refractivity contribution in [2.75, 3.05) is 32.8 Å². The third-order valence-corrected chi connectivity index (χ3v) is 4.50. The number of benzene rings is 1. The van der Waals surface area contributed by atoms with Gasteiger partial charge in [0.15, 0.2) is 0 Å². The monoisotopic (exact) mass is 290 g/mol. The molecule has 2 rings (SSSR count). The van der Waals surface area contributed by atoms with Gasteiger partial charge in [0.05, 0.1) is 0 Å². The van der Waals surface area contributed by atoms with Crippen LogP contribution < -0.4 is 5.32 Å². The summed E-state index contributed by atoms with van der Waals surface area (Å²) in [5.41, 5.74) is 2.90. The maximum Gasteiger partial charge on any atom is 0.0469 e. The molecular weight excluding hydrogens is 260 g/mol. The van der Waals surface area contributed by atoms with Gasteiger partial charge in [-0.2, -0.15) is 0 Å². The Hall–Kier alpha value is -0.900. The van der Waals surface area contributed by atoms with Crippen LogP contribution in [0.1, 0.15) is 37.8 Å². The first-order valence-corrected chi connectivity index (χ1v) is 8.41. The minimum Gasteiger partial charge on any atom is -0.381 e. The summed E-state index contributed by atoms with van der Waals surface area (Å²) >= 11 is 0. The molecule has 0 unspecified atom stereocenters. The zero-order valence-corrected chi connectivity index (χ0v) is 13.6. The van der Waals surface area contributed by atoms with Gasteiger partial charge in [-0.25, -0.2) is 0 Å². The second kappa shape index (κ2) is 9.19. The van der Waals surface area contributed by atoms with E-state index in [0.717, 1.165) is 51.9 Å². The van der Waals surface area contributed by atoms with Crippen LogP contribution in [0.15, 0.2) is 24.3 Å². The molecule has 1 saturated heterocycles. The first-order chi connectivity index (χ1) is 10.3. The third kappa shape index (κ3) is 5.42. The van der Waals surface area contributed by atoms with Gasteiger partial charge in [0.2, 0.25) is 0 Å². The summed E-state index contributed by atoms with van der Waals surface area (Å²) in [6.45, 7) is 11.7. The molecule has 1 aliphatic heterocycles. The topological polar surface area (TPSA) is 24.5 Å². The van der Waals surface area contributed by atoms with E-state index in [1.54, 1.807) is 0 Å². The largest absolute Gasteiger partial charge is 0.381 e. The molecule has 1 aromatic carbocycles. The summed E-state index contributed by atoms with van der Waals surface area (Å²) in [4.78, 5) is 2.47. The van der Waals surface area contributed by atoms with Crippen molar-refractivity contribution in [3.8, 4) is 0 Å². The van der Waals surface area contributed by atoms with Crippen LogP contribution in [0.25, 0.3) is 0 Å². The highest BCUT2D eigenvalue weighted by atomic mass is 16.5. The molecule has 1 aliphatic rings. The minimum absolute atomic E-state index is 0.786. The van der Waals surface area contributed by atoms with E-state index in [4.69, 9.17) is 4.74 Å². The molecule has 0 amide bonds. The molecule has 1 aromatic rings. The van der Waals surface area contributed by atoms with Gasteiger partial charge in [0.1, 0.15) is 0 Å². The van der Waals surface area contributed by atoms with E-state index >= 15 is 0 Å². The van der Waals surface area contributed by atoms with Crippen LogP contribution >= 0.6 is 0 Å². The van der Waals surface area contributed by atoms with Crippen molar-refractivity contribution in [1.82, 2.24) is 10.2 Å². The lowest BCUT2D eigenvalue weighted by atomic mass is 10.00. The Kier molecular flexibility index (Phi) is 7.20. The Morgan fingerprint density at radius 3 is 2.43 bits per heavy atom. The molecule has 21 heavy (non-hydrogen) atoms. The second-order valence-electron chi connectivity index (χ2n) is 5.92. The van der Waals surface area contributed by atoms with Crippen molar-refractivity contribution in [2.24, 2.45) is 5.92 Å². The van der Waals surface area contributed by atoms with Gasteiger partial charge in [-0.05, 0) is 49.5 Å². The predicted octanol–water partition coefficient (Wildman–Crippen LogP) is 3.04. The normalized spacial score (nSPS) is 16.5. The standard InChI is InChI=1S/C18H30N2O/c1-3-20(4-2)15-18-8-6-5-7-17(18)14-19-13-16-9-11-21-12-10-16/h5-8,16,19H,3-4,9-15H2,1-2H3. The fourth-order valence-electron chi connectivity index (χ4n) is 2.93. The van der Waals surface area contributed by atoms with Gasteiger partial charge in [0.25, 0.3) is 0 Å². The maximum atomic E-state index is 5.42. The molecule has 3 nitrogen and oxygen atoms in total. The number of nitrogens with one attached hydrogen (secondary N) is 1. The van der Waals surface area contributed by atoms with E-state index in [0.29, 0.717) is 0 Å². The van der Waals surface area contributed by atoms with Crippen molar-refractivity contribution in [1.29, 1.82) is 0 Å². The molecule has 1 fully saturated rings. The number of nitrogens with zero attached hydrogens (tertiary/aromatic N) is 1. The lowest BCUT2D eigenvalue weighted by Crippen LogP contribution is -2.28. The average molecular weight is 290 g/mol. The summed E-state index contributed by atoms with van der Waals surface area (Å²) in [5, 5.41) is 3.65. The van der Waals surface area contributed by atoms with Gasteiger partial charge in [-0.1, -0.05) is 38.1 Å². The zero-order chi connectivity index (χ0) is 14.9. The number of hydrogen-bond donors (Lipinski definition) is 1. The Morgan fingerprint density at radius 1 is 1.10 bits per heavy atom. The van der Waals surface area contributed by atoms with E-state index in [-0.39, 0.29) is 0 Å². The molecule has 1 N–H and O–H groups in total. The Labute approximate surface area is 129 Å². The van der Waals surface area contributed by atoms with Crippen LogP contribution in [-0.2, 0) is 17.8 Å². The molecule has 3 heteroatoms. The van der Waals surface area contributed by atoms with E-state index in [9.17, 15) is 0 Å². The van der Waals surface area contributed by atoms with Crippen molar-refractivity contribution in [3.63, 3.8) is 0 Å². The first-order valence-electron chi connectivity index (χ1n) is 8.41. The molecular formula is C18H30N2O. The maximum absolute atomic E-state index is 5.42. The van der Waals surface area contributed by atoms with Gasteiger partial charge in [-0.15, -0.1) is 0 Å². The molecule has 1 heterocycles. The van der Waals surface area contributed by atoms with Crippen molar-refractivity contribution in [3.05, 3.63) is 35.4 Å². The van der Waals surface area contributed by atoms with Crippen molar-refractivity contribution in [2.45, 2.75) is 39.8 Å². The van der Waals surface area contributed by atoms with Crippen LogP contribution in [0.5, 0.6) is 0 Å². The van der Waals surface area contributed by atoms with Crippen LogP contribution in [0.3, 0.4) is 0 Å². The van der Waals surface area contributed by atoms with E-state index in [1.165, 1.54) is 24.0 Å². The Bertz CT molecular complexity index is 398. The summed E-state index contributed by atoms with van der Waals surface area (Å²) in [6, 6.07) is 8.83. The second-order valence-corrected chi connectivity index (χ2v) is 5.92. The highest BCUT2D eigenvalue weighted by Crippen LogP contribution is 2.15. The smallest absolute Gasteiger partial charge is 0.0469 e. The zero-order valence-electron chi connectivity index (χ0n) is 13.6. The molecule has 0 atom stereocenters. The molecule has 0 radical (unpaired) electrons. The summed E-state index contributed by atoms with van der Waals surface area (Å²) in [7, 11) is 0. The van der Waals surface area contributed by atoms with E-state index in [2.05, 4.69) is 48.3 Å². The molecule has 0 bridgehead atoms. The SMILES string of the molecule is CCN(CC)Cc1ccccc1CNCC1CCOCC1. The Morgan fingerprint density at radius 2 is 1.76 bits per heavy atom. The van der Waals surface area contributed by atoms with Gasteiger partial charge < -0.3 is 10.1 Å². The third-order valence-electron chi connectivity index (χ3n) is 4.50. The van der Waals surface area contributed by atoms with Gasteiger partial charge >= 0.3 is 0 Å². The molecule has 118 valence electrons. The fourth-order valence-corrected chi connectivity index (χ4v) is 2.93. The quantitative estimate of drug-likeness (QED) is 0.796. The van der Waals surface area contributed by atoms with Gasteiger partial charge in [0, 0.05) is 26.3 Å². The number of ether oxygens (including phenoxy) is 1. The van der Waals surface area contributed by atoms with Gasteiger partial charge in [-0.3, -0.25) is 4.90 Å². The van der Waals surface area contributed by atoms with Crippen LogP contribution in [0.4, 0.5) is 0 Å². The van der Waals surface area contributed by atoms with Crippen LogP contribution in [0, 0.1) is 5.92 Å². The van der Waals surface area contributed by atoms with Crippen molar-refractivity contribution >= 4 is 0 Å². The number of rotatable bonds is 8. The van der Waals surface area contributed by atoms with Crippen molar-refractivity contribution < 1.29 is 4.74 Å². The predicted molar refractivity (Wildman–Crippen MR) is 88.3 cm³/mol. The van der Waals surface area contributed by atoms with Crippen LogP contribution in [-0.4, -0.2) is 37.7 Å². The lowest BCUT2D eigenvalue weighted by molar-refractivity contribution is 0.0662. The summed E-state index contributed by atoms with van der Waals surface area (Å²) < 4.78 is 5.42. The van der Waals surface area contributed by atoms with E-state index in [1.807, 2.05) is 0 Å². The minimum atomic E-state index is 0.786.